The Hall–Kier alpha value is -2.99. The quantitative estimate of drug-likeness (QED) is 0.719. The topological polar surface area (TPSA) is 73.5 Å². The van der Waals surface area contributed by atoms with Crippen molar-refractivity contribution in [3.63, 3.8) is 0 Å². The highest BCUT2D eigenvalue weighted by Gasteiger charge is 2.21. The van der Waals surface area contributed by atoms with Gasteiger partial charge >= 0.3 is 0 Å². The third-order valence-electron chi connectivity index (χ3n) is 4.91. The molecule has 144 valence electrons. The number of hydrogen-bond donors (Lipinski definition) is 1. The molecular weight excluding hydrogens is 376 g/mol. The van der Waals surface area contributed by atoms with Crippen molar-refractivity contribution in [1.82, 2.24) is 9.97 Å². The van der Waals surface area contributed by atoms with Crippen molar-refractivity contribution in [3.05, 3.63) is 58.6 Å². The van der Waals surface area contributed by atoms with E-state index in [1.165, 1.54) is 11.1 Å². The van der Waals surface area contributed by atoms with Gasteiger partial charge in [-0.1, -0.05) is 23.7 Å². The maximum absolute atomic E-state index is 6.00. The summed E-state index contributed by atoms with van der Waals surface area (Å²) in [6, 6.07) is 13.6. The number of ether oxygens (including phenoxy) is 2. The van der Waals surface area contributed by atoms with Crippen molar-refractivity contribution in [3.8, 4) is 22.8 Å². The number of rotatable bonds is 4. The number of nitrogens with two attached hydrogens (primary N) is 1. The highest BCUT2D eigenvalue weighted by molar-refractivity contribution is 6.30. The number of hydrogen-bond acceptors (Lipinski definition) is 6. The third-order valence-corrected chi connectivity index (χ3v) is 5.16. The van der Waals surface area contributed by atoms with Crippen molar-refractivity contribution in [1.29, 1.82) is 0 Å². The van der Waals surface area contributed by atoms with E-state index in [4.69, 9.17) is 26.8 Å². The molecule has 28 heavy (non-hydrogen) atoms. The zero-order valence-corrected chi connectivity index (χ0v) is 16.5. The van der Waals surface area contributed by atoms with Gasteiger partial charge in [0, 0.05) is 29.7 Å². The van der Waals surface area contributed by atoms with Crippen LogP contribution in [0, 0.1) is 0 Å². The minimum absolute atomic E-state index is 0.251. The van der Waals surface area contributed by atoms with E-state index in [0.29, 0.717) is 11.6 Å². The Kier molecular flexibility index (Phi) is 4.96. The molecule has 4 rings (SSSR count). The van der Waals surface area contributed by atoms with Crippen LogP contribution in [-0.4, -0.2) is 30.7 Å². The molecule has 0 bridgehead atoms. The second-order valence-corrected chi connectivity index (χ2v) is 7.06. The maximum Gasteiger partial charge on any atom is 0.222 e. The number of fused-ring (bicyclic) bond motifs is 1. The summed E-state index contributed by atoms with van der Waals surface area (Å²) < 4.78 is 10.9. The molecule has 0 saturated heterocycles. The molecule has 0 saturated carbocycles. The monoisotopic (exact) mass is 396 g/mol. The van der Waals surface area contributed by atoms with E-state index in [1.807, 2.05) is 36.4 Å². The summed E-state index contributed by atoms with van der Waals surface area (Å²) in [7, 11) is 3.30. The van der Waals surface area contributed by atoms with Crippen LogP contribution in [0.15, 0.2) is 42.5 Å². The number of benzene rings is 2. The predicted molar refractivity (Wildman–Crippen MR) is 111 cm³/mol. The van der Waals surface area contributed by atoms with Crippen molar-refractivity contribution in [2.45, 2.75) is 13.0 Å². The lowest BCUT2D eigenvalue weighted by molar-refractivity contribution is 0.353. The summed E-state index contributed by atoms with van der Waals surface area (Å²) >= 11 is 5.99. The minimum atomic E-state index is 0.251. The Bertz CT molecular complexity index is 1010. The Labute approximate surface area is 168 Å². The first kappa shape index (κ1) is 18.4. The lowest BCUT2D eigenvalue weighted by atomic mass is 9.98. The third kappa shape index (κ3) is 3.55. The number of nitrogen functional groups attached to an aromatic ring is 1. The Morgan fingerprint density at radius 1 is 0.964 bits per heavy atom. The molecule has 7 heteroatoms. The average molecular weight is 397 g/mol. The minimum Gasteiger partial charge on any atom is -0.493 e. The van der Waals surface area contributed by atoms with Crippen LogP contribution in [0.5, 0.6) is 11.5 Å². The van der Waals surface area contributed by atoms with Gasteiger partial charge in [-0.15, -0.1) is 0 Å². The number of halogens is 1. The molecule has 3 aromatic rings. The van der Waals surface area contributed by atoms with Crippen LogP contribution in [0.4, 0.5) is 11.8 Å². The summed E-state index contributed by atoms with van der Waals surface area (Å²) in [5, 5.41) is 0.683. The van der Waals surface area contributed by atoms with Gasteiger partial charge in [0.25, 0.3) is 0 Å². The average Bonchev–Trinajstić information content (AvgIpc) is 2.72. The summed E-state index contributed by atoms with van der Waals surface area (Å²) in [6.07, 6.45) is 0.885. The van der Waals surface area contributed by atoms with E-state index in [9.17, 15) is 0 Å². The molecular formula is C21H21ClN4O2. The normalized spacial score (nSPS) is 13.2. The fourth-order valence-electron chi connectivity index (χ4n) is 3.46. The first-order chi connectivity index (χ1) is 13.6. The van der Waals surface area contributed by atoms with Crippen LogP contribution >= 0.6 is 11.6 Å². The molecule has 0 aliphatic carbocycles. The van der Waals surface area contributed by atoms with Gasteiger partial charge in [-0.3, -0.25) is 0 Å². The maximum atomic E-state index is 6.00. The number of nitrogens with zero attached hydrogens (tertiary/aromatic N) is 3. The summed E-state index contributed by atoms with van der Waals surface area (Å²) in [5.74, 6) is 2.54. The first-order valence-corrected chi connectivity index (χ1v) is 9.34. The number of aromatic nitrogens is 2. The molecule has 0 unspecified atom stereocenters. The molecule has 0 atom stereocenters. The molecule has 0 fully saturated rings. The molecule has 2 aromatic carbocycles. The zero-order valence-electron chi connectivity index (χ0n) is 15.8. The van der Waals surface area contributed by atoms with Gasteiger partial charge in [-0.25, -0.2) is 4.98 Å². The summed E-state index contributed by atoms with van der Waals surface area (Å²) in [6.45, 7) is 1.55. The standard InChI is InChI=1S/C21H21ClN4O2/c1-27-18-9-14-7-8-26(12-15(14)10-19(18)28-2)20-11-17(24-21(23)25-20)13-3-5-16(22)6-4-13/h3-6,9-11H,7-8,12H2,1-2H3,(H2,23,24,25). The van der Waals surface area contributed by atoms with Crippen molar-refractivity contribution in [2.75, 3.05) is 31.4 Å². The van der Waals surface area contributed by atoms with Crippen LogP contribution in [0.2, 0.25) is 5.02 Å². The van der Waals surface area contributed by atoms with Gasteiger partial charge in [-0.2, -0.15) is 4.98 Å². The second-order valence-electron chi connectivity index (χ2n) is 6.62. The molecule has 1 aromatic heterocycles. The van der Waals surface area contributed by atoms with Crippen LogP contribution in [-0.2, 0) is 13.0 Å². The summed E-state index contributed by atoms with van der Waals surface area (Å²) in [5.41, 5.74) is 10.2. The molecule has 2 N–H and O–H groups in total. The SMILES string of the molecule is COc1cc2c(cc1OC)CN(c1cc(-c3ccc(Cl)cc3)nc(N)n1)CC2. The highest BCUT2D eigenvalue weighted by Crippen LogP contribution is 2.34. The predicted octanol–water partition coefficient (Wildman–Crippen LogP) is 3.96. The Morgan fingerprint density at radius 2 is 1.64 bits per heavy atom. The van der Waals surface area contributed by atoms with E-state index in [-0.39, 0.29) is 5.95 Å². The number of anilines is 2. The number of methoxy groups -OCH3 is 2. The van der Waals surface area contributed by atoms with Gasteiger partial charge in [0.2, 0.25) is 5.95 Å². The van der Waals surface area contributed by atoms with Crippen molar-refractivity contribution >= 4 is 23.4 Å². The Balaban J connectivity index is 1.66. The fraction of sp³-hybridized carbons (Fsp3) is 0.238. The fourth-order valence-corrected chi connectivity index (χ4v) is 3.59. The van der Waals surface area contributed by atoms with Crippen molar-refractivity contribution < 1.29 is 9.47 Å². The van der Waals surface area contributed by atoms with E-state index in [2.05, 4.69) is 20.9 Å². The van der Waals surface area contributed by atoms with Gasteiger partial charge < -0.3 is 20.1 Å². The van der Waals surface area contributed by atoms with Crippen LogP contribution < -0.4 is 20.1 Å². The van der Waals surface area contributed by atoms with Gasteiger partial charge in [0.15, 0.2) is 11.5 Å². The molecule has 1 aliphatic rings. The van der Waals surface area contributed by atoms with Crippen LogP contribution in [0.1, 0.15) is 11.1 Å². The first-order valence-electron chi connectivity index (χ1n) is 8.96. The largest absolute Gasteiger partial charge is 0.493 e. The van der Waals surface area contributed by atoms with Crippen LogP contribution in [0.3, 0.4) is 0 Å². The van der Waals surface area contributed by atoms with Crippen LogP contribution in [0.25, 0.3) is 11.3 Å². The van der Waals surface area contributed by atoms with E-state index in [1.54, 1.807) is 14.2 Å². The molecule has 0 spiro atoms. The highest BCUT2D eigenvalue weighted by atomic mass is 35.5. The molecule has 2 heterocycles. The van der Waals surface area contributed by atoms with Gasteiger partial charge in [0.05, 0.1) is 19.9 Å². The molecule has 0 amide bonds. The molecule has 1 aliphatic heterocycles. The van der Waals surface area contributed by atoms with E-state index >= 15 is 0 Å². The molecule has 6 nitrogen and oxygen atoms in total. The van der Waals surface area contributed by atoms with E-state index in [0.717, 1.165) is 41.5 Å². The lowest BCUT2D eigenvalue weighted by Gasteiger charge is -2.30. The second kappa shape index (κ2) is 7.56. The zero-order chi connectivity index (χ0) is 19.7. The smallest absolute Gasteiger partial charge is 0.222 e. The lowest BCUT2D eigenvalue weighted by Crippen LogP contribution is -2.31. The Morgan fingerprint density at radius 3 is 2.32 bits per heavy atom. The van der Waals surface area contributed by atoms with Gasteiger partial charge in [-0.05, 0) is 41.8 Å². The molecule has 0 radical (unpaired) electrons. The van der Waals surface area contributed by atoms with E-state index < -0.39 is 0 Å². The van der Waals surface area contributed by atoms with Gasteiger partial charge in [0.1, 0.15) is 5.82 Å². The summed E-state index contributed by atoms with van der Waals surface area (Å²) in [4.78, 5) is 11.0. The van der Waals surface area contributed by atoms with Crippen molar-refractivity contribution in [2.24, 2.45) is 0 Å².